The van der Waals surface area contributed by atoms with Crippen LogP contribution in [0.15, 0.2) is 18.6 Å². The second kappa shape index (κ2) is 5.31. The maximum Gasteiger partial charge on any atom is 0.203 e. The topological polar surface area (TPSA) is 42.7 Å². The van der Waals surface area contributed by atoms with Crippen LogP contribution in [0.25, 0.3) is 0 Å². The van der Waals surface area contributed by atoms with Crippen LogP contribution in [0.5, 0.6) is 0 Å². The number of anilines is 1. The van der Waals surface area contributed by atoms with Gasteiger partial charge in [-0.1, -0.05) is 6.92 Å². The molecule has 2 aromatic rings. The summed E-state index contributed by atoms with van der Waals surface area (Å²) in [6.07, 6.45) is 6.86. The normalized spacial score (nSPS) is 12.6. The number of aryl methyl sites for hydroxylation is 2. The summed E-state index contributed by atoms with van der Waals surface area (Å²) >= 11 is 1.73. The van der Waals surface area contributed by atoms with Gasteiger partial charge in [0.25, 0.3) is 0 Å². The van der Waals surface area contributed by atoms with Gasteiger partial charge in [0.05, 0.1) is 6.04 Å². The van der Waals surface area contributed by atoms with Crippen molar-refractivity contribution in [1.29, 1.82) is 0 Å². The third kappa shape index (κ3) is 2.85. The van der Waals surface area contributed by atoms with Gasteiger partial charge in [-0.2, -0.15) is 0 Å². The van der Waals surface area contributed by atoms with E-state index in [0.717, 1.165) is 23.9 Å². The standard InChI is InChI=1S/C12H18N4S/c1-4-6-16-7-5-13-12(16)15-10(3)11-14-8-9(2)17-11/h5,7-8,10H,4,6H2,1-3H3,(H,13,15). The van der Waals surface area contributed by atoms with Crippen LogP contribution in [0.3, 0.4) is 0 Å². The number of hydrogen-bond acceptors (Lipinski definition) is 4. The van der Waals surface area contributed by atoms with Gasteiger partial charge in [0.2, 0.25) is 5.95 Å². The lowest BCUT2D eigenvalue weighted by Gasteiger charge is -2.13. The van der Waals surface area contributed by atoms with Crippen LogP contribution in [-0.2, 0) is 6.54 Å². The molecule has 2 heterocycles. The van der Waals surface area contributed by atoms with Crippen LogP contribution in [0.4, 0.5) is 5.95 Å². The van der Waals surface area contributed by atoms with Crippen molar-refractivity contribution >= 4 is 17.3 Å². The van der Waals surface area contributed by atoms with Crippen LogP contribution < -0.4 is 5.32 Å². The Kier molecular flexibility index (Phi) is 3.78. The zero-order chi connectivity index (χ0) is 12.3. The van der Waals surface area contributed by atoms with Crippen molar-refractivity contribution in [3.63, 3.8) is 0 Å². The Morgan fingerprint density at radius 3 is 2.94 bits per heavy atom. The minimum absolute atomic E-state index is 0.201. The Hall–Kier alpha value is -1.36. The van der Waals surface area contributed by atoms with Crippen molar-refractivity contribution in [2.75, 3.05) is 5.32 Å². The number of nitrogens with zero attached hydrogens (tertiary/aromatic N) is 3. The molecule has 0 amide bonds. The van der Waals surface area contributed by atoms with Gasteiger partial charge in [-0.25, -0.2) is 9.97 Å². The largest absolute Gasteiger partial charge is 0.347 e. The molecule has 0 aliphatic carbocycles. The zero-order valence-electron chi connectivity index (χ0n) is 10.5. The Morgan fingerprint density at radius 1 is 1.47 bits per heavy atom. The molecule has 5 heteroatoms. The summed E-state index contributed by atoms with van der Waals surface area (Å²) in [4.78, 5) is 9.97. The second-order valence-electron chi connectivity index (χ2n) is 4.12. The van der Waals surface area contributed by atoms with Gasteiger partial charge in [0, 0.05) is 30.0 Å². The minimum Gasteiger partial charge on any atom is -0.347 e. The molecule has 0 aromatic carbocycles. The lowest BCUT2D eigenvalue weighted by atomic mass is 10.3. The van der Waals surface area contributed by atoms with E-state index in [-0.39, 0.29) is 6.04 Å². The smallest absolute Gasteiger partial charge is 0.203 e. The van der Waals surface area contributed by atoms with E-state index in [1.807, 2.05) is 18.6 Å². The highest BCUT2D eigenvalue weighted by atomic mass is 32.1. The first kappa shape index (κ1) is 12.1. The molecule has 0 saturated carbocycles. The van der Waals surface area contributed by atoms with Crippen LogP contribution in [0.1, 0.15) is 36.2 Å². The third-order valence-corrected chi connectivity index (χ3v) is 3.63. The number of hydrogen-bond donors (Lipinski definition) is 1. The van der Waals surface area contributed by atoms with E-state index >= 15 is 0 Å². The van der Waals surface area contributed by atoms with Gasteiger partial charge in [-0.15, -0.1) is 11.3 Å². The van der Waals surface area contributed by atoms with Crippen molar-refractivity contribution in [2.24, 2.45) is 0 Å². The molecule has 4 nitrogen and oxygen atoms in total. The van der Waals surface area contributed by atoms with Gasteiger partial charge in [-0.3, -0.25) is 0 Å². The average Bonchev–Trinajstić information content (AvgIpc) is 2.89. The summed E-state index contributed by atoms with van der Waals surface area (Å²) < 4.78 is 2.14. The predicted octanol–water partition coefficient (Wildman–Crippen LogP) is 3.23. The first-order valence-electron chi connectivity index (χ1n) is 5.90. The molecular formula is C12H18N4S. The Labute approximate surface area is 106 Å². The van der Waals surface area contributed by atoms with E-state index in [4.69, 9.17) is 0 Å². The highest BCUT2D eigenvalue weighted by Crippen LogP contribution is 2.22. The van der Waals surface area contributed by atoms with Crippen LogP contribution >= 0.6 is 11.3 Å². The van der Waals surface area contributed by atoms with E-state index in [9.17, 15) is 0 Å². The van der Waals surface area contributed by atoms with Crippen LogP contribution in [0.2, 0.25) is 0 Å². The number of nitrogens with one attached hydrogen (secondary N) is 1. The fourth-order valence-electron chi connectivity index (χ4n) is 1.70. The highest BCUT2D eigenvalue weighted by molar-refractivity contribution is 7.11. The van der Waals surface area contributed by atoms with Crippen molar-refractivity contribution in [3.8, 4) is 0 Å². The molecular weight excluding hydrogens is 232 g/mol. The highest BCUT2D eigenvalue weighted by Gasteiger charge is 2.11. The molecule has 92 valence electrons. The first-order chi connectivity index (χ1) is 8.20. The molecule has 2 aromatic heterocycles. The lowest BCUT2D eigenvalue weighted by molar-refractivity contribution is 0.674. The molecule has 0 fully saturated rings. The fraction of sp³-hybridized carbons (Fsp3) is 0.500. The molecule has 0 aliphatic rings. The van der Waals surface area contributed by atoms with Gasteiger partial charge in [0.15, 0.2) is 0 Å². The van der Waals surface area contributed by atoms with Gasteiger partial charge in [0.1, 0.15) is 5.01 Å². The molecule has 0 radical (unpaired) electrons. The molecule has 0 bridgehead atoms. The third-order valence-electron chi connectivity index (χ3n) is 2.54. The number of rotatable bonds is 5. The molecule has 0 spiro atoms. The van der Waals surface area contributed by atoms with Gasteiger partial charge in [-0.05, 0) is 20.3 Å². The number of imidazole rings is 1. The summed E-state index contributed by atoms with van der Waals surface area (Å²) in [5.41, 5.74) is 0. The van der Waals surface area contributed by atoms with Crippen molar-refractivity contribution in [3.05, 3.63) is 28.5 Å². The first-order valence-corrected chi connectivity index (χ1v) is 6.72. The molecule has 0 saturated heterocycles. The predicted molar refractivity (Wildman–Crippen MR) is 71.4 cm³/mol. The summed E-state index contributed by atoms with van der Waals surface area (Å²) in [5, 5.41) is 4.51. The maximum absolute atomic E-state index is 4.39. The molecule has 2 rings (SSSR count). The van der Waals surface area contributed by atoms with Crippen LogP contribution in [0, 0.1) is 6.92 Å². The quantitative estimate of drug-likeness (QED) is 0.886. The van der Waals surface area contributed by atoms with E-state index in [0.29, 0.717) is 0 Å². The monoisotopic (exact) mass is 250 g/mol. The molecule has 0 aliphatic heterocycles. The molecule has 1 unspecified atom stereocenters. The molecule has 17 heavy (non-hydrogen) atoms. The summed E-state index contributed by atoms with van der Waals surface area (Å²) in [5.74, 6) is 0.923. The second-order valence-corrected chi connectivity index (χ2v) is 5.39. The van der Waals surface area contributed by atoms with Gasteiger partial charge >= 0.3 is 0 Å². The SMILES string of the molecule is CCCn1ccnc1NC(C)c1ncc(C)s1. The van der Waals surface area contributed by atoms with Crippen LogP contribution in [-0.4, -0.2) is 14.5 Å². The summed E-state index contributed by atoms with van der Waals surface area (Å²) in [7, 11) is 0. The Morgan fingerprint density at radius 2 is 2.29 bits per heavy atom. The minimum atomic E-state index is 0.201. The van der Waals surface area contributed by atoms with Crippen molar-refractivity contribution in [1.82, 2.24) is 14.5 Å². The Balaban J connectivity index is 2.07. The van der Waals surface area contributed by atoms with E-state index in [1.54, 1.807) is 11.3 Å². The van der Waals surface area contributed by atoms with Crippen molar-refractivity contribution < 1.29 is 0 Å². The van der Waals surface area contributed by atoms with E-state index in [2.05, 4.69) is 40.6 Å². The molecule has 1 N–H and O–H groups in total. The van der Waals surface area contributed by atoms with Crippen molar-refractivity contribution in [2.45, 2.75) is 39.8 Å². The summed E-state index contributed by atoms with van der Waals surface area (Å²) in [6.45, 7) is 7.35. The number of aromatic nitrogens is 3. The summed E-state index contributed by atoms with van der Waals surface area (Å²) in [6, 6.07) is 0.201. The Bertz CT molecular complexity index is 474. The van der Waals surface area contributed by atoms with E-state index in [1.165, 1.54) is 4.88 Å². The average molecular weight is 250 g/mol. The molecule has 1 atom stereocenters. The maximum atomic E-state index is 4.39. The zero-order valence-corrected chi connectivity index (χ0v) is 11.3. The fourth-order valence-corrected chi connectivity index (χ4v) is 2.47. The number of thiazole rings is 1. The van der Waals surface area contributed by atoms with Gasteiger partial charge < -0.3 is 9.88 Å². The lowest BCUT2D eigenvalue weighted by Crippen LogP contribution is -2.11. The van der Waals surface area contributed by atoms with E-state index < -0.39 is 0 Å².